The van der Waals surface area contributed by atoms with E-state index in [2.05, 4.69) is 34.9 Å². The summed E-state index contributed by atoms with van der Waals surface area (Å²) in [6, 6.07) is 0. The monoisotopic (exact) mass is 279 g/mol. The van der Waals surface area contributed by atoms with Crippen LogP contribution in [-0.2, 0) is 0 Å². The molecule has 1 saturated heterocycles. The van der Waals surface area contributed by atoms with Crippen LogP contribution < -0.4 is 0 Å². The number of nitrogens with zero attached hydrogens (tertiary/aromatic N) is 1. The molecule has 1 atom stereocenters. The molecule has 0 aromatic rings. The maximum absolute atomic E-state index is 10.6. The fraction of sp³-hybridized carbons (Fsp3) is 0.429. The number of rotatable bonds is 0. The summed E-state index contributed by atoms with van der Waals surface area (Å²) in [5.41, 5.74) is 2.41. The van der Waals surface area contributed by atoms with Crippen LogP contribution in [0.3, 0.4) is 0 Å². The average molecular weight is 279 g/mol. The van der Waals surface area contributed by atoms with Gasteiger partial charge in [0.25, 0.3) is 0 Å². The number of likely N-dealkylation sites (tertiary alicyclic amines) is 1. The number of aliphatic hydroxyl groups excluding tert-OH is 1. The first-order valence-corrected chi connectivity index (χ1v) is 7.95. The Labute approximate surface area is 117 Å². The van der Waals surface area contributed by atoms with E-state index in [-0.39, 0.29) is 6.10 Å². The molecule has 96 valence electrons. The minimum Gasteiger partial charge on any atom is -0.384 e. The van der Waals surface area contributed by atoms with E-state index in [1.54, 1.807) is 23.5 Å². The van der Waals surface area contributed by atoms with Crippen LogP contribution in [0.2, 0.25) is 0 Å². The highest BCUT2D eigenvalue weighted by atomic mass is 32.2. The Morgan fingerprint density at radius 2 is 1.56 bits per heavy atom. The summed E-state index contributed by atoms with van der Waals surface area (Å²) in [7, 11) is 2.13. The van der Waals surface area contributed by atoms with Gasteiger partial charge in [0.05, 0.1) is 0 Å². The Morgan fingerprint density at radius 1 is 1.06 bits per heavy atom. The van der Waals surface area contributed by atoms with Crippen LogP contribution in [0.1, 0.15) is 12.8 Å². The standard InChI is InChI=1S/C14H17NOS2/c1-15-8-10(12-4-2-6-17-12)14(16)11(9-15)13-5-3-7-18-13/h2-3,6-7,14,16H,4-5,8-9H2,1H3/b12-10-,13-11+. The van der Waals surface area contributed by atoms with Crippen molar-refractivity contribution in [3.8, 4) is 0 Å². The molecule has 1 unspecified atom stereocenters. The molecule has 0 amide bonds. The maximum Gasteiger partial charge on any atom is 0.101 e. The summed E-state index contributed by atoms with van der Waals surface area (Å²) in [6.07, 6.45) is 5.95. The van der Waals surface area contributed by atoms with Crippen molar-refractivity contribution in [2.75, 3.05) is 20.1 Å². The zero-order valence-corrected chi connectivity index (χ0v) is 12.1. The first kappa shape index (κ1) is 12.6. The highest BCUT2D eigenvalue weighted by Gasteiger charge is 2.30. The van der Waals surface area contributed by atoms with Crippen LogP contribution in [0, 0.1) is 0 Å². The Morgan fingerprint density at radius 3 is 1.94 bits per heavy atom. The molecular formula is C14H17NOS2. The van der Waals surface area contributed by atoms with E-state index in [9.17, 15) is 5.11 Å². The number of aliphatic hydroxyl groups is 1. The molecule has 1 N–H and O–H groups in total. The van der Waals surface area contributed by atoms with Gasteiger partial charge in [-0.15, -0.1) is 23.5 Å². The van der Waals surface area contributed by atoms with Gasteiger partial charge in [-0.05, 0) is 51.7 Å². The molecule has 3 rings (SSSR count). The van der Waals surface area contributed by atoms with Gasteiger partial charge in [0, 0.05) is 13.1 Å². The van der Waals surface area contributed by atoms with Gasteiger partial charge in [-0.3, -0.25) is 4.90 Å². The molecule has 0 radical (unpaired) electrons. The Balaban J connectivity index is 1.93. The van der Waals surface area contributed by atoms with E-state index in [0.29, 0.717) is 0 Å². The summed E-state index contributed by atoms with van der Waals surface area (Å²) in [5, 5.41) is 14.9. The molecule has 0 aromatic carbocycles. The number of likely N-dealkylation sites (N-methyl/N-ethyl adjacent to an activating group) is 1. The Kier molecular flexibility index (Phi) is 3.71. The Hall–Kier alpha value is -0.420. The summed E-state index contributed by atoms with van der Waals surface area (Å²) in [6.45, 7) is 1.78. The third kappa shape index (κ3) is 2.35. The first-order valence-electron chi connectivity index (χ1n) is 6.19. The lowest BCUT2D eigenvalue weighted by Crippen LogP contribution is -2.38. The fourth-order valence-corrected chi connectivity index (χ4v) is 4.34. The van der Waals surface area contributed by atoms with Crippen LogP contribution >= 0.6 is 23.5 Å². The highest BCUT2D eigenvalue weighted by Crippen LogP contribution is 2.39. The van der Waals surface area contributed by atoms with Gasteiger partial charge in [0.15, 0.2) is 0 Å². The van der Waals surface area contributed by atoms with Crippen LogP contribution in [0.5, 0.6) is 0 Å². The maximum atomic E-state index is 10.6. The van der Waals surface area contributed by atoms with Gasteiger partial charge in [0.2, 0.25) is 0 Å². The van der Waals surface area contributed by atoms with Crippen molar-refractivity contribution in [2.24, 2.45) is 0 Å². The van der Waals surface area contributed by atoms with Gasteiger partial charge in [-0.25, -0.2) is 0 Å². The molecule has 18 heavy (non-hydrogen) atoms. The largest absolute Gasteiger partial charge is 0.384 e. The third-order valence-corrected chi connectivity index (χ3v) is 5.56. The van der Waals surface area contributed by atoms with Gasteiger partial charge in [-0.2, -0.15) is 0 Å². The summed E-state index contributed by atoms with van der Waals surface area (Å²) < 4.78 is 0. The zero-order chi connectivity index (χ0) is 12.5. The van der Waals surface area contributed by atoms with E-state index in [1.165, 1.54) is 21.0 Å². The Bertz CT molecular complexity index is 414. The second-order valence-corrected chi connectivity index (χ2v) is 6.86. The number of hydrogen-bond donors (Lipinski definition) is 1. The van der Waals surface area contributed by atoms with Crippen molar-refractivity contribution in [2.45, 2.75) is 18.9 Å². The molecule has 0 saturated carbocycles. The molecule has 0 bridgehead atoms. The molecule has 2 nitrogen and oxygen atoms in total. The predicted octanol–water partition coefficient (Wildman–Crippen LogP) is 3.10. The predicted molar refractivity (Wildman–Crippen MR) is 80.3 cm³/mol. The molecule has 0 aliphatic carbocycles. The third-order valence-electron chi connectivity index (χ3n) is 3.48. The molecule has 3 aliphatic rings. The number of allylic oxidation sites excluding steroid dienone is 4. The van der Waals surface area contributed by atoms with Crippen LogP contribution in [0.25, 0.3) is 0 Å². The van der Waals surface area contributed by atoms with Crippen molar-refractivity contribution < 1.29 is 5.11 Å². The molecule has 0 aromatic heterocycles. The summed E-state index contributed by atoms with van der Waals surface area (Å²) >= 11 is 3.53. The van der Waals surface area contributed by atoms with Crippen molar-refractivity contribution >= 4 is 23.5 Å². The molecular weight excluding hydrogens is 262 g/mol. The van der Waals surface area contributed by atoms with Gasteiger partial charge in [-0.1, -0.05) is 12.2 Å². The zero-order valence-electron chi connectivity index (χ0n) is 10.4. The number of thioether (sulfide) groups is 2. The topological polar surface area (TPSA) is 23.5 Å². The summed E-state index contributed by atoms with van der Waals surface area (Å²) in [4.78, 5) is 4.97. The van der Waals surface area contributed by atoms with Gasteiger partial charge >= 0.3 is 0 Å². The SMILES string of the molecule is CN1C/C(=C2\CC=CS2)C(O)/C(=C2\CC=CS2)C1. The lowest BCUT2D eigenvalue weighted by molar-refractivity contribution is 0.194. The molecule has 3 heterocycles. The second-order valence-electron chi connectivity index (χ2n) is 4.86. The average Bonchev–Trinajstić information content (AvgIpc) is 3.02. The highest BCUT2D eigenvalue weighted by molar-refractivity contribution is 8.06. The van der Waals surface area contributed by atoms with E-state index in [1.807, 2.05) is 0 Å². The van der Waals surface area contributed by atoms with Gasteiger partial charge < -0.3 is 5.11 Å². The smallest absolute Gasteiger partial charge is 0.101 e. The van der Waals surface area contributed by atoms with Crippen LogP contribution in [0.4, 0.5) is 0 Å². The van der Waals surface area contributed by atoms with Crippen molar-refractivity contribution in [3.05, 3.63) is 43.9 Å². The summed E-state index contributed by atoms with van der Waals surface area (Å²) in [5.74, 6) is 0. The number of piperidine rings is 1. The van der Waals surface area contributed by atoms with Crippen molar-refractivity contribution in [1.82, 2.24) is 4.90 Å². The minimum atomic E-state index is -0.369. The minimum absolute atomic E-state index is 0.369. The van der Waals surface area contributed by atoms with E-state index >= 15 is 0 Å². The lowest BCUT2D eigenvalue weighted by Gasteiger charge is -2.33. The van der Waals surface area contributed by atoms with E-state index in [0.717, 1.165) is 25.9 Å². The van der Waals surface area contributed by atoms with Crippen LogP contribution in [0.15, 0.2) is 43.9 Å². The van der Waals surface area contributed by atoms with E-state index in [4.69, 9.17) is 0 Å². The molecule has 3 aliphatic heterocycles. The quantitative estimate of drug-likeness (QED) is 0.736. The second kappa shape index (κ2) is 5.29. The van der Waals surface area contributed by atoms with E-state index < -0.39 is 0 Å². The number of hydrogen-bond acceptors (Lipinski definition) is 4. The normalized spacial score (nSPS) is 36.9. The van der Waals surface area contributed by atoms with Gasteiger partial charge in [0.1, 0.15) is 6.10 Å². The fourth-order valence-electron chi connectivity index (χ4n) is 2.58. The first-order chi connectivity index (χ1) is 8.75. The molecule has 4 heteroatoms. The van der Waals surface area contributed by atoms with Crippen molar-refractivity contribution in [1.29, 1.82) is 0 Å². The lowest BCUT2D eigenvalue weighted by atomic mass is 9.94. The molecule has 0 spiro atoms. The van der Waals surface area contributed by atoms with Crippen LogP contribution in [-0.4, -0.2) is 36.2 Å². The molecule has 1 fully saturated rings. The van der Waals surface area contributed by atoms with Crippen molar-refractivity contribution in [3.63, 3.8) is 0 Å².